The van der Waals surface area contributed by atoms with Crippen LogP contribution in [0.25, 0.3) is 0 Å². The van der Waals surface area contributed by atoms with Gasteiger partial charge >= 0.3 is 5.97 Å². The molecule has 0 aromatic carbocycles. The number of carbonyl (C=O) groups is 1. The fraction of sp³-hybridized carbons (Fsp3) is 0.750. The van der Waals surface area contributed by atoms with E-state index in [0.29, 0.717) is 12.8 Å². The first-order valence-electron chi connectivity index (χ1n) is 6.02. The average molecular weight is 239 g/mol. The lowest BCUT2D eigenvalue weighted by Gasteiger charge is -2.24. The molecule has 0 bridgehead atoms. The van der Waals surface area contributed by atoms with Crippen molar-refractivity contribution in [2.45, 2.75) is 53.0 Å². The van der Waals surface area contributed by atoms with E-state index < -0.39 is 11.4 Å². The van der Waals surface area contributed by atoms with Crippen molar-refractivity contribution in [3.05, 3.63) is 12.2 Å². The number of carboxylic acids is 1. The minimum Gasteiger partial charge on any atom is -0.481 e. The van der Waals surface area contributed by atoms with Crippen molar-refractivity contribution in [3.8, 4) is 0 Å². The van der Waals surface area contributed by atoms with Gasteiger partial charge in [0.1, 0.15) is 12.2 Å². The van der Waals surface area contributed by atoms with Gasteiger partial charge in [-0.3, -0.25) is 4.79 Å². The predicted octanol–water partition coefficient (Wildman–Crippen LogP) is 2.29. The Morgan fingerprint density at radius 2 is 2.24 bits per heavy atom. The highest BCUT2D eigenvalue weighted by Crippen LogP contribution is 2.28. The molecule has 1 aromatic heterocycles. The smallest absolute Gasteiger partial charge is 0.309 e. The summed E-state index contributed by atoms with van der Waals surface area (Å²) in [5, 5.41) is 13.5. The molecule has 0 saturated heterocycles. The largest absolute Gasteiger partial charge is 0.481 e. The van der Waals surface area contributed by atoms with Crippen molar-refractivity contribution < 1.29 is 9.90 Å². The highest BCUT2D eigenvalue weighted by atomic mass is 16.4. The molecule has 0 amide bonds. The Morgan fingerprint density at radius 1 is 1.59 bits per heavy atom. The standard InChI is InChI=1S/C12H21N3O2/c1-5-6-12(4,11(16)17)7-10-13-8-14-15(10)9(2)3/h8-9H,5-7H2,1-4H3,(H,16,17). The summed E-state index contributed by atoms with van der Waals surface area (Å²) in [4.78, 5) is 15.5. The van der Waals surface area contributed by atoms with E-state index in [-0.39, 0.29) is 6.04 Å². The summed E-state index contributed by atoms with van der Waals surface area (Å²) < 4.78 is 1.79. The van der Waals surface area contributed by atoms with Gasteiger partial charge in [-0.1, -0.05) is 13.3 Å². The molecule has 0 spiro atoms. The van der Waals surface area contributed by atoms with Gasteiger partial charge in [0.05, 0.1) is 5.41 Å². The summed E-state index contributed by atoms with van der Waals surface area (Å²) in [5.41, 5.74) is -0.756. The third-order valence-electron chi connectivity index (χ3n) is 3.00. The van der Waals surface area contributed by atoms with E-state index in [2.05, 4.69) is 10.1 Å². The lowest BCUT2D eigenvalue weighted by molar-refractivity contribution is -0.148. The molecule has 1 unspecified atom stereocenters. The van der Waals surface area contributed by atoms with Gasteiger partial charge in [-0.15, -0.1) is 0 Å². The van der Waals surface area contributed by atoms with Gasteiger partial charge in [-0.25, -0.2) is 9.67 Å². The van der Waals surface area contributed by atoms with Crippen LogP contribution >= 0.6 is 0 Å². The zero-order valence-corrected chi connectivity index (χ0v) is 11.0. The molecule has 1 heterocycles. The molecule has 1 atom stereocenters. The fourth-order valence-corrected chi connectivity index (χ4v) is 2.00. The highest BCUT2D eigenvalue weighted by Gasteiger charge is 2.34. The van der Waals surface area contributed by atoms with Crippen LogP contribution in [0.5, 0.6) is 0 Å². The summed E-state index contributed by atoms with van der Waals surface area (Å²) in [5.74, 6) is -0.0176. The maximum absolute atomic E-state index is 11.4. The molecule has 0 radical (unpaired) electrons. The van der Waals surface area contributed by atoms with Crippen molar-refractivity contribution in [1.82, 2.24) is 14.8 Å². The van der Waals surface area contributed by atoms with Crippen LogP contribution in [-0.4, -0.2) is 25.8 Å². The summed E-state index contributed by atoms with van der Waals surface area (Å²) >= 11 is 0. The minimum atomic E-state index is -0.766. The monoisotopic (exact) mass is 239 g/mol. The van der Waals surface area contributed by atoms with E-state index in [1.54, 1.807) is 11.6 Å². The summed E-state index contributed by atoms with van der Waals surface area (Å²) in [6, 6.07) is 0.201. The van der Waals surface area contributed by atoms with Crippen molar-refractivity contribution in [3.63, 3.8) is 0 Å². The van der Waals surface area contributed by atoms with Gasteiger partial charge in [0.2, 0.25) is 0 Å². The Balaban J connectivity index is 2.94. The third kappa shape index (κ3) is 3.05. The second-order valence-electron chi connectivity index (χ2n) is 5.01. The number of hydrogen-bond acceptors (Lipinski definition) is 3. The first-order chi connectivity index (χ1) is 7.90. The summed E-state index contributed by atoms with van der Waals surface area (Å²) in [7, 11) is 0. The van der Waals surface area contributed by atoms with Gasteiger partial charge in [-0.05, 0) is 27.2 Å². The van der Waals surface area contributed by atoms with Gasteiger partial charge < -0.3 is 5.11 Å². The summed E-state index contributed by atoms with van der Waals surface area (Å²) in [6.45, 7) is 7.79. The van der Waals surface area contributed by atoms with Crippen molar-refractivity contribution in [1.29, 1.82) is 0 Å². The lowest BCUT2D eigenvalue weighted by atomic mass is 9.82. The summed E-state index contributed by atoms with van der Waals surface area (Å²) in [6.07, 6.45) is 3.41. The molecule has 0 aliphatic rings. The van der Waals surface area contributed by atoms with E-state index in [1.165, 1.54) is 6.33 Å². The molecule has 96 valence electrons. The second-order valence-corrected chi connectivity index (χ2v) is 5.01. The Hall–Kier alpha value is -1.39. The number of aliphatic carboxylic acids is 1. The van der Waals surface area contributed by atoms with Crippen LogP contribution in [0.3, 0.4) is 0 Å². The molecule has 1 N–H and O–H groups in total. The molecule has 5 nitrogen and oxygen atoms in total. The number of nitrogens with zero attached hydrogens (tertiary/aromatic N) is 3. The molecule has 0 saturated carbocycles. The first-order valence-corrected chi connectivity index (χ1v) is 6.02. The quantitative estimate of drug-likeness (QED) is 0.827. The van der Waals surface area contributed by atoms with Crippen molar-refractivity contribution in [2.75, 3.05) is 0 Å². The lowest BCUT2D eigenvalue weighted by Crippen LogP contribution is -2.31. The van der Waals surface area contributed by atoms with E-state index in [4.69, 9.17) is 0 Å². The Labute approximate surface area is 102 Å². The van der Waals surface area contributed by atoms with Gasteiger partial charge in [-0.2, -0.15) is 5.10 Å². The predicted molar refractivity (Wildman–Crippen MR) is 64.8 cm³/mol. The zero-order chi connectivity index (χ0) is 13.1. The Bertz CT molecular complexity index is 387. The highest BCUT2D eigenvalue weighted by molar-refractivity contribution is 5.74. The molecule has 17 heavy (non-hydrogen) atoms. The van der Waals surface area contributed by atoms with Gasteiger partial charge in [0.25, 0.3) is 0 Å². The van der Waals surface area contributed by atoms with Gasteiger partial charge in [0, 0.05) is 12.5 Å². The molecule has 1 aromatic rings. The Morgan fingerprint density at radius 3 is 2.71 bits per heavy atom. The number of hydrogen-bond donors (Lipinski definition) is 1. The molecule has 5 heteroatoms. The van der Waals surface area contributed by atoms with E-state index >= 15 is 0 Å². The molecule has 0 fully saturated rings. The van der Waals surface area contributed by atoms with E-state index in [9.17, 15) is 9.90 Å². The zero-order valence-electron chi connectivity index (χ0n) is 11.0. The van der Waals surface area contributed by atoms with E-state index in [1.807, 2.05) is 20.8 Å². The normalized spacial score (nSPS) is 14.9. The fourth-order valence-electron chi connectivity index (χ4n) is 2.00. The van der Waals surface area contributed by atoms with Crippen LogP contribution in [-0.2, 0) is 11.2 Å². The molecular weight excluding hydrogens is 218 g/mol. The van der Waals surface area contributed by atoms with Crippen LogP contribution < -0.4 is 0 Å². The van der Waals surface area contributed by atoms with Crippen LogP contribution in [0.1, 0.15) is 52.4 Å². The van der Waals surface area contributed by atoms with Crippen LogP contribution in [0, 0.1) is 5.41 Å². The number of aromatic nitrogens is 3. The van der Waals surface area contributed by atoms with Gasteiger partial charge in [0.15, 0.2) is 0 Å². The average Bonchev–Trinajstić information content (AvgIpc) is 2.65. The third-order valence-corrected chi connectivity index (χ3v) is 3.00. The molecule has 0 aliphatic carbocycles. The second kappa shape index (κ2) is 5.29. The Kier molecular flexibility index (Phi) is 4.26. The number of rotatable bonds is 6. The van der Waals surface area contributed by atoms with E-state index in [0.717, 1.165) is 12.2 Å². The topological polar surface area (TPSA) is 68.0 Å². The molecule has 1 rings (SSSR count). The van der Waals surface area contributed by atoms with Crippen molar-refractivity contribution >= 4 is 5.97 Å². The maximum Gasteiger partial charge on any atom is 0.309 e. The van der Waals surface area contributed by atoms with Crippen LogP contribution in [0.2, 0.25) is 0 Å². The SMILES string of the molecule is CCCC(C)(Cc1ncnn1C(C)C)C(=O)O. The molecule has 0 aliphatic heterocycles. The molecular formula is C12H21N3O2. The van der Waals surface area contributed by atoms with Crippen LogP contribution in [0.15, 0.2) is 6.33 Å². The maximum atomic E-state index is 11.4. The number of carboxylic acid groups (broad SMARTS) is 1. The minimum absolute atomic E-state index is 0.201. The van der Waals surface area contributed by atoms with Crippen LogP contribution in [0.4, 0.5) is 0 Å². The first kappa shape index (κ1) is 13.7. The van der Waals surface area contributed by atoms with Crippen molar-refractivity contribution in [2.24, 2.45) is 5.41 Å².